The van der Waals surface area contributed by atoms with E-state index in [2.05, 4.69) is 79.1 Å². The van der Waals surface area contributed by atoms with E-state index in [9.17, 15) is 0 Å². The van der Waals surface area contributed by atoms with Crippen molar-refractivity contribution in [2.45, 2.75) is 31.3 Å². The largest absolute Gasteiger partial charge is 0.368 e. The first kappa shape index (κ1) is 20.1. The highest BCUT2D eigenvalue weighted by atomic mass is 79.9. The number of rotatable bonds is 4. The van der Waals surface area contributed by atoms with Crippen LogP contribution in [0.15, 0.2) is 65.3 Å². The summed E-state index contributed by atoms with van der Waals surface area (Å²) < 4.78 is 3.29. The minimum Gasteiger partial charge on any atom is -0.368 e. The van der Waals surface area contributed by atoms with Gasteiger partial charge in [-0.15, -0.1) is 0 Å². The first-order valence-electron chi connectivity index (χ1n) is 10.7. The van der Waals surface area contributed by atoms with Crippen LogP contribution in [-0.2, 0) is 0 Å². The van der Waals surface area contributed by atoms with Crippen molar-refractivity contribution in [1.82, 2.24) is 14.7 Å². The van der Waals surface area contributed by atoms with Gasteiger partial charge in [0, 0.05) is 48.5 Å². The third kappa shape index (κ3) is 4.16. The van der Waals surface area contributed by atoms with E-state index in [1.54, 1.807) is 0 Å². The predicted molar refractivity (Wildman–Crippen MR) is 127 cm³/mol. The number of hydrogen-bond donors (Lipinski definition) is 0. The van der Waals surface area contributed by atoms with Crippen LogP contribution >= 0.6 is 27.5 Å². The Kier molecular flexibility index (Phi) is 5.85. The van der Waals surface area contributed by atoms with Crippen LogP contribution < -0.4 is 4.90 Å². The second kappa shape index (κ2) is 8.74. The molecular formula is C24H26BrClN4. The molecule has 1 saturated carbocycles. The maximum atomic E-state index is 6.39. The second-order valence-corrected chi connectivity index (χ2v) is 9.61. The minimum atomic E-state index is 0.501. The Bertz CT molecular complexity index is 994. The van der Waals surface area contributed by atoms with Gasteiger partial charge >= 0.3 is 0 Å². The molecule has 2 aliphatic rings. The zero-order valence-corrected chi connectivity index (χ0v) is 19.3. The number of halogens is 2. The molecule has 6 heteroatoms. The average Bonchev–Trinajstić information content (AvgIpc) is 3.45. The Morgan fingerprint density at radius 3 is 2.37 bits per heavy atom. The van der Waals surface area contributed by atoms with Crippen LogP contribution in [0.1, 0.15) is 25.3 Å². The number of piperazine rings is 1. The molecule has 156 valence electrons. The molecule has 2 aromatic carbocycles. The number of benzene rings is 2. The molecule has 1 aliphatic carbocycles. The predicted octanol–water partition coefficient (Wildman–Crippen LogP) is 5.88. The quantitative estimate of drug-likeness (QED) is 0.461. The smallest absolute Gasteiger partial charge is 0.0923 e. The topological polar surface area (TPSA) is 24.3 Å². The number of nitrogens with zero attached hydrogens (tertiary/aromatic N) is 4. The summed E-state index contributed by atoms with van der Waals surface area (Å²) in [6.07, 6.45) is 5.80. The van der Waals surface area contributed by atoms with E-state index in [-0.39, 0.29) is 0 Å². The Labute approximate surface area is 191 Å². The molecule has 1 aromatic heterocycles. The zero-order chi connectivity index (χ0) is 20.5. The van der Waals surface area contributed by atoms with Gasteiger partial charge in [-0.25, -0.2) is 0 Å². The fraction of sp³-hybridized carbons (Fsp3) is 0.375. The fourth-order valence-corrected chi connectivity index (χ4v) is 5.38. The Morgan fingerprint density at radius 2 is 1.60 bits per heavy atom. The van der Waals surface area contributed by atoms with Crippen molar-refractivity contribution >= 4 is 33.2 Å². The lowest BCUT2D eigenvalue weighted by Gasteiger charge is -2.39. The lowest BCUT2D eigenvalue weighted by atomic mass is 10.1. The van der Waals surface area contributed by atoms with Gasteiger partial charge in [-0.05, 0) is 49.6 Å². The van der Waals surface area contributed by atoms with Crippen molar-refractivity contribution in [3.63, 3.8) is 0 Å². The molecule has 2 fully saturated rings. The molecule has 0 N–H and O–H groups in total. The highest BCUT2D eigenvalue weighted by Crippen LogP contribution is 2.35. The van der Waals surface area contributed by atoms with Crippen LogP contribution in [0.4, 0.5) is 5.69 Å². The lowest BCUT2D eigenvalue weighted by Crippen LogP contribution is -2.49. The van der Waals surface area contributed by atoms with Crippen molar-refractivity contribution < 1.29 is 0 Å². The molecule has 4 nitrogen and oxygen atoms in total. The summed E-state index contributed by atoms with van der Waals surface area (Å²) in [5.41, 5.74) is 3.39. The van der Waals surface area contributed by atoms with Crippen LogP contribution in [0.3, 0.4) is 0 Å². The van der Waals surface area contributed by atoms with Crippen molar-refractivity contribution in [1.29, 1.82) is 0 Å². The SMILES string of the molecule is Clc1ccccc1N1CCN([C@H]2CC[C@@H](n3ccc(-c4ccc(Br)cc4)n3)C2)CC1. The van der Waals surface area contributed by atoms with E-state index in [0.29, 0.717) is 12.1 Å². The molecule has 0 bridgehead atoms. The minimum absolute atomic E-state index is 0.501. The molecule has 0 radical (unpaired) electrons. The molecule has 0 spiro atoms. The van der Waals surface area contributed by atoms with Gasteiger partial charge in [0.25, 0.3) is 0 Å². The normalized spacial score (nSPS) is 22.5. The molecule has 30 heavy (non-hydrogen) atoms. The molecule has 2 heterocycles. The van der Waals surface area contributed by atoms with Crippen molar-refractivity contribution in [2.75, 3.05) is 31.1 Å². The lowest BCUT2D eigenvalue weighted by molar-refractivity contribution is 0.183. The van der Waals surface area contributed by atoms with Crippen molar-refractivity contribution in [2.24, 2.45) is 0 Å². The number of hydrogen-bond acceptors (Lipinski definition) is 3. The summed E-state index contributed by atoms with van der Waals surface area (Å²) in [7, 11) is 0. The monoisotopic (exact) mass is 484 g/mol. The maximum absolute atomic E-state index is 6.39. The highest BCUT2D eigenvalue weighted by molar-refractivity contribution is 9.10. The van der Waals surface area contributed by atoms with Gasteiger partial charge in [-0.3, -0.25) is 9.58 Å². The molecule has 2 atom stereocenters. The number of para-hydroxylation sites is 1. The van der Waals surface area contributed by atoms with Crippen LogP contribution in [0, 0.1) is 0 Å². The van der Waals surface area contributed by atoms with Gasteiger partial charge in [-0.1, -0.05) is 51.8 Å². The van der Waals surface area contributed by atoms with Gasteiger partial charge in [0.05, 0.1) is 22.4 Å². The van der Waals surface area contributed by atoms with Gasteiger partial charge in [0.15, 0.2) is 0 Å². The molecule has 3 aromatic rings. The van der Waals surface area contributed by atoms with E-state index < -0.39 is 0 Å². The van der Waals surface area contributed by atoms with E-state index in [4.69, 9.17) is 16.7 Å². The van der Waals surface area contributed by atoms with Crippen LogP contribution in [0.25, 0.3) is 11.3 Å². The van der Waals surface area contributed by atoms with Gasteiger partial charge in [0.2, 0.25) is 0 Å². The first-order chi connectivity index (χ1) is 14.7. The van der Waals surface area contributed by atoms with E-state index in [1.807, 2.05) is 12.1 Å². The number of anilines is 1. The van der Waals surface area contributed by atoms with E-state index in [1.165, 1.54) is 30.5 Å². The molecular weight excluding hydrogens is 460 g/mol. The fourth-order valence-electron chi connectivity index (χ4n) is 4.86. The Hall–Kier alpha value is -1.82. The summed E-state index contributed by atoms with van der Waals surface area (Å²) in [5.74, 6) is 0. The summed E-state index contributed by atoms with van der Waals surface area (Å²) in [6, 6.07) is 19.9. The number of aromatic nitrogens is 2. The summed E-state index contributed by atoms with van der Waals surface area (Å²) in [5, 5.41) is 5.75. The average molecular weight is 486 g/mol. The molecule has 5 rings (SSSR count). The van der Waals surface area contributed by atoms with Gasteiger partial charge < -0.3 is 4.90 Å². The van der Waals surface area contributed by atoms with Crippen LogP contribution in [0.2, 0.25) is 5.02 Å². The van der Waals surface area contributed by atoms with E-state index >= 15 is 0 Å². The summed E-state index contributed by atoms with van der Waals surface area (Å²) >= 11 is 9.90. The van der Waals surface area contributed by atoms with E-state index in [0.717, 1.165) is 41.4 Å². The standard InChI is InChI=1S/C24H26BrClN4/c25-19-7-5-18(6-8-19)23-11-12-30(27-23)21-10-9-20(17-21)28-13-15-29(16-14-28)24-4-2-1-3-22(24)26/h1-8,11-12,20-21H,9-10,13-17H2/t20-,21+/m0/s1. The maximum Gasteiger partial charge on any atom is 0.0923 e. The third-order valence-corrected chi connectivity index (χ3v) is 7.37. The summed E-state index contributed by atoms with van der Waals surface area (Å²) in [4.78, 5) is 5.09. The highest BCUT2D eigenvalue weighted by Gasteiger charge is 2.32. The van der Waals surface area contributed by atoms with Gasteiger partial charge in [-0.2, -0.15) is 5.10 Å². The third-order valence-electron chi connectivity index (χ3n) is 6.52. The Balaban J connectivity index is 1.19. The molecule has 1 aliphatic heterocycles. The molecule has 0 amide bonds. The Morgan fingerprint density at radius 1 is 0.867 bits per heavy atom. The van der Waals surface area contributed by atoms with Crippen molar-refractivity contribution in [3.8, 4) is 11.3 Å². The van der Waals surface area contributed by atoms with Crippen molar-refractivity contribution in [3.05, 3.63) is 70.3 Å². The van der Waals surface area contributed by atoms with Crippen LogP contribution in [-0.4, -0.2) is 46.9 Å². The summed E-state index contributed by atoms with van der Waals surface area (Å²) in [6.45, 7) is 4.29. The van der Waals surface area contributed by atoms with Crippen LogP contribution in [0.5, 0.6) is 0 Å². The first-order valence-corrected chi connectivity index (χ1v) is 11.9. The molecule has 1 saturated heterocycles. The van der Waals surface area contributed by atoms with Gasteiger partial charge in [0.1, 0.15) is 0 Å². The second-order valence-electron chi connectivity index (χ2n) is 8.28. The zero-order valence-electron chi connectivity index (χ0n) is 16.9. The molecule has 0 unspecified atom stereocenters.